The Morgan fingerprint density at radius 3 is 2.48 bits per heavy atom. The number of carbonyl (C=O) groups excluding carboxylic acids is 2. The van der Waals surface area contributed by atoms with Gasteiger partial charge in [-0.1, -0.05) is 50.1 Å². The van der Waals surface area contributed by atoms with Crippen LogP contribution in [0, 0.1) is 11.8 Å². The van der Waals surface area contributed by atoms with Crippen LogP contribution in [-0.4, -0.2) is 47.8 Å². The molecular formula is C23H34N2O2. The summed E-state index contributed by atoms with van der Waals surface area (Å²) in [7, 11) is 0. The number of likely N-dealkylation sites (tertiary alicyclic amines) is 2. The van der Waals surface area contributed by atoms with E-state index < -0.39 is 0 Å². The molecule has 0 bridgehead atoms. The molecule has 148 valence electrons. The Hall–Kier alpha value is -1.84. The van der Waals surface area contributed by atoms with Gasteiger partial charge in [-0.25, -0.2) is 0 Å². The summed E-state index contributed by atoms with van der Waals surface area (Å²) in [4.78, 5) is 29.8. The second-order valence-electron chi connectivity index (χ2n) is 8.25. The summed E-state index contributed by atoms with van der Waals surface area (Å²) >= 11 is 0. The Morgan fingerprint density at radius 2 is 1.70 bits per heavy atom. The fraction of sp³-hybridized carbons (Fsp3) is 0.652. The van der Waals surface area contributed by atoms with Gasteiger partial charge in [-0.15, -0.1) is 0 Å². The van der Waals surface area contributed by atoms with Crippen LogP contribution in [-0.2, 0) is 16.0 Å². The molecule has 3 rings (SSSR count). The van der Waals surface area contributed by atoms with Crippen LogP contribution in [0.1, 0.15) is 57.4 Å². The van der Waals surface area contributed by atoms with Crippen molar-refractivity contribution in [2.45, 2.75) is 58.3 Å². The summed E-state index contributed by atoms with van der Waals surface area (Å²) in [6.45, 7) is 5.43. The van der Waals surface area contributed by atoms with Crippen LogP contribution in [0.5, 0.6) is 0 Å². The molecule has 0 aliphatic carbocycles. The highest BCUT2D eigenvalue weighted by Crippen LogP contribution is 2.25. The summed E-state index contributed by atoms with van der Waals surface area (Å²) in [6, 6.07) is 9.89. The van der Waals surface area contributed by atoms with Gasteiger partial charge in [-0.2, -0.15) is 0 Å². The standard InChI is InChI=1S/C23H34N2O2/c1-2-8-19-11-6-14-24(16-13-19)23(27)21-12-7-15-25(18-21)22(26)17-20-9-4-3-5-10-20/h3-5,9-10,19,21H,2,6-8,11-18H2,1H3. The van der Waals surface area contributed by atoms with E-state index in [0.29, 0.717) is 13.0 Å². The minimum absolute atomic E-state index is 0.0128. The molecule has 0 aromatic heterocycles. The largest absolute Gasteiger partial charge is 0.342 e. The molecule has 0 radical (unpaired) electrons. The zero-order chi connectivity index (χ0) is 19.1. The number of piperidine rings is 1. The minimum atomic E-state index is -0.0128. The molecule has 2 unspecified atom stereocenters. The summed E-state index contributed by atoms with van der Waals surface area (Å²) in [6.07, 6.45) is 8.33. The van der Waals surface area contributed by atoms with Crippen LogP contribution in [0.4, 0.5) is 0 Å². The lowest BCUT2D eigenvalue weighted by molar-refractivity contribution is -0.140. The SMILES string of the molecule is CCCC1CCCN(C(=O)C2CCCN(C(=O)Cc3ccccc3)C2)CC1. The van der Waals surface area contributed by atoms with Crippen molar-refractivity contribution in [1.82, 2.24) is 9.80 Å². The van der Waals surface area contributed by atoms with E-state index in [1.165, 1.54) is 19.3 Å². The smallest absolute Gasteiger partial charge is 0.227 e. The molecule has 0 saturated carbocycles. The lowest BCUT2D eigenvalue weighted by Gasteiger charge is -2.35. The molecule has 0 spiro atoms. The van der Waals surface area contributed by atoms with Crippen LogP contribution >= 0.6 is 0 Å². The van der Waals surface area contributed by atoms with E-state index in [0.717, 1.165) is 56.8 Å². The molecule has 27 heavy (non-hydrogen) atoms. The fourth-order valence-electron chi connectivity index (χ4n) is 4.63. The number of hydrogen-bond donors (Lipinski definition) is 0. The first-order chi connectivity index (χ1) is 13.2. The summed E-state index contributed by atoms with van der Waals surface area (Å²) < 4.78 is 0. The Kier molecular flexibility index (Phi) is 7.31. The average Bonchev–Trinajstić information content (AvgIpc) is 2.94. The van der Waals surface area contributed by atoms with Crippen LogP contribution < -0.4 is 0 Å². The maximum atomic E-state index is 13.1. The fourth-order valence-corrected chi connectivity index (χ4v) is 4.63. The molecule has 1 aromatic carbocycles. The van der Waals surface area contributed by atoms with E-state index in [4.69, 9.17) is 0 Å². The monoisotopic (exact) mass is 370 g/mol. The van der Waals surface area contributed by atoms with Gasteiger partial charge in [0.2, 0.25) is 11.8 Å². The second kappa shape index (κ2) is 9.91. The summed E-state index contributed by atoms with van der Waals surface area (Å²) in [5, 5.41) is 0. The predicted molar refractivity (Wildman–Crippen MR) is 108 cm³/mol. The van der Waals surface area contributed by atoms with E-state index in [-0.39, 0.29) is 17.7 Å². The lowest BCUT2D eigenvalue weighted by Crippen LogP contribution is -2.47. The second-order valence-corrected chi connectivity index (χ2v) is 8.25. The molecule has 4 nitrogen and oxygen atoms in total. The van der Waals surface area contributed by atoms with Gasteiger partial charge in [0.1, 0.15) is 0 Å². The van der Waals surface area contributed by atoms with Crippen molar-refractivity contribution >= 4 is 11.8 Å². The number of rotatable bonds is 5. The van der Waals surface area contributed by atoms with Crippen molar-refractivity contribution in [3.8, 4) is 0 Å². The van der Waals surface area contributed by atoms with Crippen molar-refractivity contribution in [3.63, 3.8) is 0 Å². The number of benzene rings is 1. The van der Waals surface area contributed by atoms with Crippen LogP contribution in [0.3, 0.4) is 0 Å². The minimum Gasteiger partial charge on any atom is -0.342 e. The maximum absolute atomic E-state index is 13.1. The van der Waals surface area contributed by atoms with Gasteiger partial charge < -0.3 is 9.80 Å². The highest BCUT2D eigenvalue weighted by Gasteiger charge is 2.32. The zero-order valence-electron chi connectivity index (χ0n) is 16.7. The summed E-state index contributed by atoms with van der Waals surface area (Å²) in [5.41, 5.74) is 1.05. The van der Waals surface area contributed by atoms with Crippen molar-refractivity contribution in [2.24, 2.45) is 11.8 Å². The third-order valence-corrected chi connectivity index (χ3v) is 6.18. The highest BCUT2D eigenvalue weighted by atomic mass is 16.2. The maximum Gasteiger partial charge on any atom is 0.227 e. The van der Waals surface area contributed by atoms with Gasteiger partial charge in [0.25, 0.3) is 0 Å². The number of nitrogens with zero attached hydrogens (tertiary/aromatic N) is 2. The van der Waals surface area contributed by atoms with Crippen molar-refractivity contribution in [3.05, 3.63) is 35.9 Å². The Balaban J connectivity index is 1.54. The van der Waals surface area contributed by atoms with E-state index in [9.17, 15) is 9.59 Å². The normalized spacial score (nSPS) is 23.7. The van der Waals surface area contributed by atoms with Gasteiger partial charge in [0.15, 0.2) is 0 Å². The lowest BCUT2D eigenvalue weighted by atomic mass is 9.95. The topological polar surface area (TPSA) is 40.6 Å². The van der Waals surface area contributed by atoms with Gasteiger partial charge >= 0.3 is 0 Å². The zero-order valence-corrected chi connectivity index (χ0v) is 16.7. The van der Waals surface area contributed by atoms with Crippen molar-refractivity contribution in [2.75, 3.05) is 26.2 Å². The van der Waals surface area contributed by atoms with E-state index in [2.05, 4.69) is 11.8 Å². The van der Waals surface area contributed by atoms with Gasteiger partial charge in [0.05, 0.1) is 12.3 Å². The molecule has 2 heterocycles. The Labute approximate surface area is 163 Å². The first-order valence-corrected chi connectivity index (χ1v) is 10.8. The number of carbonyl (C=O) groups is 2. The molecule has 2 fully saturated rings. The molecule has 2 atom stereocenters. The molecule has 2 saturated heterocycles. The third kappa shape index (κ3) is 5.57. The van der Waals surface area contributed by atoms with E-state index in [1.54, 1.807) is 0 Å². The molecule has 2 amide bonds. The van der Waals surface area contributed by atoms with E-state index in [1.807, 2.05) is 35.2 Å². The van der Waals surface area contributed by atoms with E-state index >= 15 is 0 Å². The van der Waals surface area contributed by atoms with Crippen LogP contribution in [0.25, 0.3) is 0 Å². The molecule has 1 aromatic rings. The molecule has 4 heteroatoms. The van der Waals surface area contributed by atoms with Crippen molar-refractivity contribution < 1.29 is 9.59 Å². The Bertz CT molecular complexity index is 616. The first kappa shape index (κ1) is 19.9. The van der Waals surface area contributed by atoms with Crippen LogP contribution in [0.2, 0.25) is 0 Å². The molecule has 0 N–H and O–H groups in total. The third-order valence-electron chi connectivity index (χ3n) is 6.18. The van der Waals surface area contributed by atoms with Crippen LogP contribution in [0.15, 0.2) is 30.3 Å². The number of hydrogen-bond acceptors (Lipinski definition) is 2. The molecule has 2 aliphatic rings. The first-order valence-electron chi connectivity index (χ1n) is 10.8. The van der Waals surface area contributed by atoms with Gasteiger partial charge in [0, 0.05) is 26.2 Å². The van der Waals surface area contributed by atoms with Gasteiger partial charge in [-0.05, 0) is 43.6 Å². The molecule has 2 aliphatic heterocycles. The molecular weight excluding hydrogens is 336 g/mol. The average molecular weight is 371 g/mol. The van der Waals surface area contributed by atoms with Crippen molar-refractivity contribution in [1.29, 1.82) is 0 Å². The highest BCUT2D eigenvalue weighted by molar-refractivity contribution is 5.82. The quantitative estimate of drug-likeness (QED) is 0.789. The van der Waals surface area contributed by atoms with Gasteiger partial charge in [-0.3, -0.25) is 9.59 Å². The summed E-state index contributed by atoms with van der Waals surface area (Å²) in [5.74, 6) is 1.20. The Morgan fingerprint density at radius 1 is 0.963 bits per heavy atom. The predicted octanol–water partition coefficient (Wildman–Crippen LogP) is 3.90. The number of amides is 2.